The topological polar surface area (TPSA) is 193 Å². The van der Waals surface area contributed by atoms with Crippen molar-refractivity contribution in [2.45, 2.75) is 57.1 Å². The lowest BCUT2D eigenvalue weighted by molar-refractivity contribution is -0.192. The molecule has 3 aliphatic heterocycles. The van der Waals surface area contributed by atoms with Crippen LogP contribution in [0.1, 0.15) is 52.1 Å². The van der Waals surface area contributed by atoms with Gasteiger partial charge in [0.15, 0.2) is 0 Å². The Morgan fingerprint density at radius 3 is 2.41 bits per heavy atom. The van der Waals surface area contributed by atoms with Crippen molar-refractivity contribution in [1.82, 2.24) is 30.1 Å². The van der Waals surface area contributed by atoms with E-state index in [0.29, 0.717) is 6.54 Å². The van der Waals surface area contributed by atoms with Crippen LogP contribution in [0, 0.1) is 0 Å². The Hall–Kier alpha value is -4.71. The molecule has 2 aromatic rings. The molecule has 2 fully saturated rings. The third-order valence-corrected chi connectivity index (χ3v) is 7.13. The maximum absolute atomic E-state index is 13.2. The van der Waals surface area contributed by atoms with Gasteiger partial charge in [-0.25, -0.2) is 9.48 Å². The average Bonchev–Trinajstić information content (AvgIpc) is 3.50. The Bertz CT molecular complexity index is 1470. The molecule has 0 bridgehead atoms. The number of halogens is 3. The molecule has 18 heteroatoms. The van der Waals surface area contributed by atoms with E-state index >= 15 is 0 Å². The molecule has 3 N–H and O–H groups in total. The van der Waals surface area contributed by atoms with E-state index in [1.807, 2.05) is 0 Å². The van der Waals surface area contributed by atoms with E-state index in [1.54, 1.807) is 19.4 Å². The van der Waals surface area contributed by atoms with Gasteiger partial charge in [-0.1, -0.05) is 11.3 Å². The number of amides is 5. The first-order valence-electron chi connectivity index (χ1n) is 13.4. The van der Waals surface area contributed by atoms with E-state index in [2.05, 4.69) is 25.8 Å². The molecule has 4 heterocycles. The fraction of sp³-hybridized carbons (Fsp3) is 0.462. The van der Waals surface area contributed by atoms with Crippen LogP contribution >= 0.6 is 0 Å². The van der Waals surface area contributed by atoms with Gasteiger partial charge < -0.3 is 15.2 Å². The highest BCUT2D eigenvalue weighted by Gasteiger charge is 2.45. The number of carbonyl (C=O) groups is 6. The molecule has 0 radical (unpaired) electrons. The first-order valence-corrected chi connectivity index (χ1v) is 13.4. The number of piperidine rings is 2. The molecule has 1 aromatic carbocycles. The van der Waals surface area contributed by atoms with Crippen molar-refractivity contribution in [3.8, 4) is 0 Å². The van der Waals surface area contributed by atoms with Gasteiger partial charge in [0.2, 0.25) is 17.7 Å². The summed E-state index contributed by atoms with van der Waals surface area (Å²) < 4.78 is 38.5. The maximum Gasteiger partial charge on any atom is 0.490 e. The number of methoxy groups -OCH3 is 1. The Kier molecular flexibility index (Phi) is 9.73. The number of aromatic nitrogens is 3. The minimum absolute atomic E-state index is 0.0179. The van der Waals surface area contributed by atoms with E-state index in [1.165, 1.54) is 16.8 Å². The number of ether oxygens (including phenoxy) is 1. The predicted octanol–water partition coefficient (Wildman–Crippen LogP) is 0.562. The van der Waals surface area contributed by atoms with Crippen LogP contribution in [0.2, 0.25) is 0 Å². The molecule has 0 saturated carbocycles. The third-order valence-electron chi connectivity index (χ3n) is 7.13. The number of alkyl halides is 3. The quantitative estimate of drug-likeness (QED) is 0.365. The molecule has 5 amide bonds. The number of fused-ring (bicyclic) bond motifs is 1. The number of anilines is 1. The van der Waals surface area contributed by atoms with Crippen LogP contribution in [0.3, 0.4) is 0 Å². The van der Waals surface area contributed by atoms with Gasteiger partial charge in [-0.3, -0.25) is 39.1 Å². The molecule has 3 aliphatic rings. The number of carbonyl (C=O) groups excluding carboxylic acids is 5. The molecule has 5 rings (SSSR count). The van der Waals surface area contributed by atoms with Crippen molar-refractivity contribution in [2.24, 2.45) is 0 Å². The summed E-state index contributed by atoms with van der Waals surface area (Å²) in [4.78, 5) is 74.7. The zero-order chi connectivity index (χ0) is 32.2. The summed E-state index contributed by atoms with van der Waals surface area (Å²) in [6.07, 6.45) is -1.10. The molecule has 236 valence electrons. The summed E-state index contributed by atoms with van der Waals surface area (Å²) in [7, 11) is 1.73. The van der Waals surface area contributed by atoms with Crippen LogP contribution < -0.4 is 10.6 Å². The second kappa shape index (κ2) is 13.3. The zero-order valence-electron chi connectivity index (χ0n) is 23.3. The molecule has 0 aliphatic carbocycles. The fourth-order valence-electron chi connectivity index (χ4n) is 4.98. The van der Waals surface area contributed by atoms with Crippen molar-refractivity contribution < 1.29 is 51.8 Å². The first kappa shape index (κ1) is 32.2. The second-order valence-electron chi connectivity index (χ2n) is 10.1. The molecule has 1 aromatic heterocycles. The summed E-state index contributed by atoms with van der Waals surface area (Å²) in [5, 5.41) is 20.2. The Morgan fingerprint density at radius 2 is 1.80 bits per heavy atom. The predicted molar refractivity (Wildman–Crippen MR) is 141 cm³/mol. The number of carboxylic acids is 1. The number of imide groups is 2. The zero-order valence-corrected chi connectivity index (χ0v) is 23.3. The minimum Gasteiger partial charge on any atom is -0.475 e. The van der Waals surface area contributed by atoms with Gasteiger partial charge in [-0.15, -0.1) is 5.10 Å². The Morgan fingerprint density at radius 1 is 1.11 bits per heavy atom. The Balaban J connectivity index is 0.000000566. The number of hydrogen-bond acceptors (Lipinski definition) is 10. The van der Waals surface area contributed by atoms with Crippen LogP contribution in [-0.2, 0) is 37.0 Å². The number of aliphatic carboxylic acids is 1. The number of likely N-dealkylation sites (tertiary alicyclic amines) is 1. The van der Waals surface area contributed by atoms with E-state index in [0.717, 1.165) is 36.5 Å². The summed E-state index contributed by atoms with van der Waals surface area (Å²) in [5.74, 6) is -5.68. The number of nitrogens with one attached hydrogen (secondary N) is 2. The fourth-order valence-corrected chi connectivity index (χ4v) is 4.98. The van der Waals surface area contributed by atoms with E-state index < -0.39 is 47.7 Å². The first-order chi connectivity index (χ1) is 20.8. The maximum atomic E-state index is 13.2. The number of rotatable bonds is 7. The molecular formula is C26H28F3N7O8. The van der Waals surface area contributed by atoms with Crippen LogP contribution in [0.25, 0.3) is 0 Å². The van der Waals surface area contributed by atoms with Gasteiger partial charge in [-0.05, 0) is 31.4 Å². The normalized spacial score (nSPS) is 19.3. The van der Waals surface area contributed by atoms with Crippen LogP contribution in [-0.4, -0.2) is 104 Å². The summed E-state index contributed by atoms with van der Waals surface area (Å²) >= 11 is 0. The highest BCUT2D eigenvalue weighted by molar-refractivity contribution is 6.26. The van der Waals surface area contributed by atoms with Crippen molar-refractivity contribution in [1.29, 1.82) is 0 Å². The molecular weight excluding hydrogens is 595 g/mol. The van der Waals surface area contributed by atoms with Crippen molar-refractivity contribution in [3.05, 3.63) is 41.2 Å². The SMILES string of the molecule is COC1CCN(Cc2cn(CC(=O)Nc3cccc4c3C(=O)N(C3CCC(=O)NC3=O)C4=O)nn2)CC1.O=C(O)C(F)(F)F. The summed E-state index contributed by atoms with van der Waals surface area (Å²) in [5.41, 5.74) is 1.01. The number of hydrogen-bond donors (Lipinski definition) is 3. The third kappa shape index (κ3) is 7.43. The summed E-state index contributed by atoms with van der Waals surface area (Å²) in [6.45, 7) is 2.28. The van der Waals surface area contributed by atoms with E-state index in [9.17, 15) is 37.1 Å². The number of nitrogens with zero attached hydrogens (tertiary/aromatic N) is 5. The average molecular weight is 624 g/mol. The lowest BCUT2D eigenvalue weighted by Gasteiger charge is -2.30. The van der Waals surface area contributed by atoms with Crippen LogP contribution in [0.5, 0.6) is 0 Å². The van der Waals surface area contributed by atoms with E-state index in [4.69, 9.17) is 14.6 Å². The van der Waals surface area contributed by atoms with Gasteiger partial charge in [-0.2, -0.15) is 13.2 Å². The van der Waals surface area contributed by atoms with Gasteiger partial charge in [0, 0.05) is 33.2 Å². The lowest BCUT2D eigenvalue weighted by Crippen LogP contribution is -2.54. The van der Waals surface area contributed by atoms with Crippen LogP contribution in [0.15, 0.2) is 24.4 Å². The lowest BCUT2D eigenvalue weighted by atomic mass is 10.0. The van der Waals surface area contributed by atoms with Crippen molar-refractivity contribution in [3.63, 3.8) is 0 Å². The Labute approximate surface area is 247 Å². The largest absolute Gasteiger partial charge is 0.490 e. The summed E-state index contributed by atoms with van der Waals surface area (Å²) in [6, 6.07) is 3.46. The highest BCUT2D eigenvalue weighted by Crippen LogP contribution is 2.32. The molecule has 1 atom stereocenters. The molecule has 44 heavy (non-hydrogen) atoms. The standard InChI is InChI=1S/C24H27N7O6.C2HF3O2/c1-37-15-7-9-29(10-8-15)11-14-12-30(28-27-14)13-20(33)25-17-4-2-3-16-21(17)24(36)31(23(16)35)18-5-6-19(32)26-22(18)34;3-2(4,5)1(6)7/h2-4,12,15,18H,5-11,13H2,1H3,(H,25,33)(H,26,32,34);(H,6,7). The second-order valence-corrected chi connectivity index (χ2v) is 10.1. The van der Waals surface area contributed by atoms with Crippen LogP contribution in [0.4, 0.5) is 18.9 Å². The number of benzene rings is 1. The molecule has 1 unspecified atom stereocenters. The van der Waals surface area contributed by atoms with E-state index in [-0.39, 0.29) is 42.3 Å². The highest BCUT2D eigenvalue weighted by atomic mass is 19.4. The van der Waals surface area contributed by atoms with Crippen molar-refractivity contribution >= 4 is 41.2 Å². The smallest absolute Gasteiger partial charge is 0.475 e. The molecule has 2 saturated heterocycles. The molecule has 15 nitrogen and oxygen atoms in total. The minimum atomic E-state index is -5.08. The van der Waals surface area contributed by atoms with Gasteiger partial charge in [0.05, 0.1) is 34.8 Å². The number of carboxylic acid groups (broad SMARTS) is 1. The molecule has 0 spiro atoms. The monoisotopic (exact) mass is 623 g/mol. The van der Waals surface area contributed by atoms with Gasteiger partial charge in [0.25, 0.3) is 11.8 Å². The van der Waals surface area contributed by atoms with Crippen molar-refractivity contribution in [2.75, 3.05) is 25.5 Å². The van der Waals surface area contributed by atoms with Gasteiger partial charge >= 0.3 is 12.1 Å². The van der Waals surface area contributed by atoms with Gasteiger partial charge in [0.1, 0.15) is 12.6 Å².